The fraction of sp³-hybridized carbons (Fsp3) is 0.0667. The third-order valence-electron chi connectivity index (χ3n) is 2.86. The summed E-state index contributed by atoms with van der Waals surface area (Å²) in [4.78, 5) is 0. The van der Waals surface area contributed by atoms with E-state index in [1.165, 1.54) is 0 Å². The van der Waals surface area contributed by atoms with Crippen LogP contribution in [0.2, 0.25) is 0 Å². The van der Waals surface area contributed by atoms with Crippen LogP contribution in [0.4, 0.5) is 5.69 Å². The maximum Gasteiger partial charge on any atom is 0.249 e. The van der Waals surface area contributed by atoms with Gasteiger partial charge >= 0.3 is 0 Å². The number of benzene rings is 2. The largest absolute Gasteiger partial charge is 0.420 e. The molecule has 0 saturated heterocycles. The van der Waals surface area contributed by atoms with Gasteiger partial charge in [0.2, 0.25) is 11.8 Å². The molecule has 94 valence electrons. The van der Waals surface area contributed by atoms with E-state index in [1.807, 2.05) is 54.6 Å². The first-order chi connectivity index (χ1) is 9.33. The Balaban J connectivity index is 1.86. The molecule has 4 nitrogen and oxygen atoms in total. The third-order valence-corrected chi connectivity index (χ3v) is 2.86. The van der Waals surface area contributed by atoms with Gasteiger partial charge in [-0.1, -0.05) is 42.5 Å². The Labute approximate surface area is 110 Å². The molecule has 3 rings (SSSR count). The van der Waals surface area contributed by atoms with Crippen LogP contribution in [0.5, 0.6) is 0 Å². The molecule has 0 radical (unpaired) electrons. The predicted molar refractivity (Wildman–Crippen MR) is 73.4 cm³/mol. The Bertz CT molecular complexity index is 677. The van der Waals surface area contributed by atoms with E-state index in [-0.39, 0.29) is 0 Å². The fourth-order valence-electron chi connectivity index (χ4n) is 1.90. The van der Waals surface area contributed by atoms with Crippen molar-refractivity contribution in [2.24, 2.45) is 0 Å². The second kappa shape index (κ2) is 4.94. The zero-order valence-electron chi connectivity index (χ0n) is 10.3. The number of rotatable bonds is 3. The molecule has 1 heterocycles. The highest BCUT2D eigenvalue weighted by Gasteiger charge is 2.11. The minimum atomic E-state index is 0.462. The highest BCUT2D eigenvalue weighted by atomic mass is 16.4. The molecule has 3 aromatic rings. The molecule has 1 aromatic heterocycles. The van der Waals surface area contributed by atoms with Crippen molar-refractivity contribution in [3.8, 4) is 11.5 Å². The summed E-state index contributed by atoms with van der Waals surface area (Å²) < 4.78 is 5.65. The van der Waals surface area contributed by atoms with Crippen molar-refractivity contribution in [1.82, 2.24) is 10.2 Å². The first-order valence-electron chi connectivity index (χ1n) is 6.04. The molecule has 0 fully saturated rings. The lowest BCUT2D eigenvalue weighted by Gasteiger charge is -1.99. The van der Waals surface area contributed by atoms with E-state index in [2.05, 4.69) is 10.2 Å². The maximum atomic E-state index is 5.89. The molecule has 0 saturated carbocycles. The van der Waals surface area contributed by atoms with Gasteiger partial charge < -0.3 is 10.2 Å². The van der Waals surface area contributed by atoms with E-state index in [0.29, 0.717) is 23.9 Å². The van der Waals surface area contributed by atoms with E-state index >= 15 is 0 Å². The second-order valence-corrected chi connectivity index (χ2v) is 4.25. The van der Waals surface area contributed by atoms with Crippen molar-refractivity contribution in [3.63, 3.8) is 0 Å². The number of nitrogens with zero attached hydrogens (tertiary/aromatic N) is 2. The minimum absolute atomic E-state index is 0.462. The summed E-state index contributed by atoms with van der Waals surface area (Å²) in [5.41, 5.74) is 8.43. The van der Waals surface area contributed by atoms with Crippen molar-refractivity contribution < 1.29 is 4.42 Å². The molecule has 0 spiro atoms. The summed E-state index contributed by atoms with van der Waals surface area (Å²) in [6.07, 6.45) is 0.626. The quantitative estimate of drug-likeness (QED) is 0.727. The molecule has 0 atom stereocenters. The molecular weight excluding hydrogens is 238 g/mol. The molecule has 0 aliphatic carbocycles. The number of aromatic nitrogens is 2. The Hall–Kier alpha value is -2.62. The Morgan fingerprint density at radius 3 is 2.42 bits per heavy atom. The van der Waals surface area contributed by atoms with Gasteiger partial charge in [0.05, 0.1) is 12.0 Å². The van der Waals surface area contributed by atoms with Gasteiger partial charge in [0.25, 0.3) is 0 Å². The van der Waals surface area contributed by atoms with Crippen LogP contribution in [0.25, 0.3) is 11.5 Å². The summed E-state index contributed by atoms with van der Waals surface area (Å²) in [5.74, 6) is 1.05. The summed E-state index contributed by atoms with van der Waals surface area (Å²) in [6, 6.07) is 17.5. The van der Waals surface area contributed by atoms with Crippen LogP contribution in [-0.4, -0.2) is 10.2 Å². The predicted octanol–water partition coefficient (Wildman–Crippen LogP) is 2.91. The van der Waals surface area contributed by atoms with Gasteiger partial charge in [0, 0.05) is 5.69 Å². The topological polar surface area (TPSA) is 64.9 Å². The molecule has 0 unspecified atom stereocenters. The zero-order chi connectivity index (χ0) is 13.1. The molecular formula is C15H13N3O. The molecule has 4 heteroatoms. The Morgan fingerprint density at radius 1 is 0.895 bits per heavy atom. The number of anilines is 1. The van der Waals surface area contributed by atoms with Gasteiger partial charge in [-0.2, -0.15) is 0 Å². The van der Waals surface area contributed by atoms with Crippen LogP contribution >= 0.6 is 0 Å². The molecule has 0 aliphatic heterocycles. The first-order valence-corrected chi connectivity index (χ1v) is 6.04. The van der Waals surface area contributed by atoms with Gasteiger partial charge in [-0.3, -0.25) is 0 Å². The van der Waals surface area contributed by atoms with E-state index in [0.717, 1.165) is 11.1 Å². The number of para-hydroxylation sites is 1. The highest BCUT2D eigenvalue weighted by Crippen LogP contribution is 2.24. The van der Waals surface area contributed by atoms with Crippen molar-refractivity contribution >= 4 is 5.69 Å². The lowest BCUT2D eigenvalue weighted by atomic mass is 10.1. The van der Waals surface area contributed by atoms with Crippen LogP contribution in [0.1, 0.15) is 11.5 Å². The van der Waals surface area contributed by atoms with Crippen molar-refractivity contribution in [3.05, 3.63) is 66.1 Å². The lowest BCUT2D eigenvalue weighted by Crippen LogP contribution is -1.88. The van der Waals surface area contributed by atoms with Crippen LogP contribution in [0.15, 0.2) is 59.0 Å². The van der Waals surface area contributed by atoms with E-state index in [1.54, 1.807) is 0 Å². The van der Waals surface area contributed by atoms with Crippen molar-refractivity contribution in [2.75, 3.05) is 5.73 Å². The average molecular weight is 251 g/mol. The van der Waals surface area contributed by atoms with Crippen LogP contribution in [0, 0.1) is 0 Å². The number of nitrogen functional groups attached to an aromatic ring is 1. The Morgan fingerprint density at radius 2 is 1.63 bits per heavy atom. The Kier molecular flexibility index (Phi) is 2.98. The van der Waals surface area contributed by atoms with E-state index in [9.17, 15) is 0 Å². The van der Waals surface area contributed by atoms with E-state index < -0.39 is 0 Å². The van der Waals surface area contributed by atoms with E-state index in [4.69, 9.17) is 10.2 Å². The number of nitrogens with two attached hydrogens (primary N) is 1. The fourth-order valence-corrected chi connectivity index (χ4v) is 1.90. The molecule has 0 amide bonds. The molecule has 2 N–H and O–H groups in total. The van der Waals surface area contributed by atoms with Crippen LogP contribution in [-0.2, 0) is 6.42 Å². The molecule has 0 bridgehead atoms. The molecule has 0 aliphatic rings. The lowest BCUT2D eigenvalue weighted by molar-refractivity contribution is 0.518. The summed E-state index contributed by atoms with van der Waals surface area (Å²) in [5, 5.41) is 8.10. The summed E-state index contributed by atoms with van der Waals surface area (Å²) in [7, 11) is 0. The van der Waals surface area contributed by atoms with Crippen LogP contribution < -0.4 is 5.73 Å². The minimum Gasteiger partial charge on any atom is -0.420 e. The highest BCUT2D eigenvalue weighted by molar-refractivity contribution is 5.69. The van der Waals surface area contributed by atoms with Crippen molar-refractivity contribution in [1.29, 1.82) is 0 Å². The van der Waals surface area contributed by atoms with Crippen molar-refractivity contribution in [2.45, 2.75) is 6.42 Å². The third kappa shape index (κ3) is 2.47. The zero-order valence-corrected chi connectivity index (χ0v) is 10.3. The van der Waals surface area contributed by atoms with Gasteiger partial charge in [-0.25, -0.2) is 0 Å². The second-order valence-electron chi connectivity index (χ2n) is 4.25. The first kappa shape index (κ1) is 11.5. The smallest absolute Gasteiger partial charge is 0.249 e. The summed E-state index contributed by atoms with van der Waals surface area (Å²) in [6.45, 7) is 0. The van der Waals surface area contributed by atoms with Crippen LogP contribution in [0.3, 0.4) is 0 Å². The summed E-state index contributed by atoms with van der Waals surface area (Å²) >= 11 is 0. The average Bonchev–Trinajstić information content (AvgIpc) is 2.89. The normalized spacial score (nSPS) is 10.5. The molecule has 19 heavy (non-hydrogen) atoms. The number of hydrogen-bond acceptors (Lipinski definition) is 4. The van der Waals surface area contributed by atoms with Gasteiger partial charge in [-0.05, 0) is 17.7 Å². The monoisotopic (exact) mass is 251 g/mol. The molecule has 2 aromatic carbocycles. The van der Waals surface area contributed by atoms with Gasteiger partial charge in [0.15, 0.2) is 0 Å². The number of hydrogen-bond donors (Lipinski definition) is 1. The van der Waals surface area contributed by atoms with Gasteiger partial charge in [-0.15, -0.1) is 10.2 Å². The SMILES string of the molecule is Nc1ccccc1-c1nnc(Cc2ccccc2)o1. The maximum absolute atomic E-state index is 5.89. The standard InChI is InChI=1S/C15H13N3O/c16-13-9-5-4-8-12(13)15-18-17-14(19-15)10-11-6-2-1-3-7-11/h1-9H,10,16H2. The van der Waals surface area contributed by atoms with Gasteiger partial charge in [0.1, 0.15) is 0 Å².